The predicted octanol–water partition coefficient (Wildman–Crippen LogP) is 1.85. The highest BCUT2D eigenvalue weighted by Gasteiger charge is 2.69. The van der Waals surface area contributed by atoms with Gasteiger partial charge in [0.25, 0.3) is 0 Å². The van der Waals surface area contributed by atoms with E-state index in [1.807, 2.05) is 0 Å². The van der Waals surface area contributed by atoms with Gasteiger partial charge in [0.05, 0.1) is 10.6 Å². The molecule has 1 aromatic carbocycles. The van der Waals surface area contributed by atoms with Gasteiger partial charge in [0.2, 0.25) is 6.29 Å². The van der Waals surface area contributed by atoms with E-state index in [9.17, 15) is 19.5 Å². The summed E-state index contributed by atoms with van der Waals surface area (Å²) in [5, 5.41) is 10.8. The molecule has 1 aromatic heterocycles. The molecule has 3 fully saturated rings. The van der Waals surface area contributed by atoms with Crippen LogP contribution in [0, 0.1) is 23.7 Å². The van der Waals surface area contributed by atoms with Crippen molar-refractivity contribution in [2.24, 2.45) is 23.7 Å². The Morgan fingerprint density at radius 3 is 2.90 bits per heavy atom. The van der Waals surface area contributed by atoms with Crippen LogP contribution in [0.2, 0.25) is 0 Å². The lowest BCUT2D eigenvalue weighted by Crippen LogP contribution is -2.46. The molecule has 1 saturated heterocycles. The molecule has 0 spiro atoms. The maximum atomic E-state index is 12.4. The summed E-state index contributed by atoms with van der Waals surface area (Å²) in [6.45, 7) is 5.13. The van der Waals surface area contributed by atoms with Crippen LogP contribution in [0.25, 0.3) is 10.3 Å². The number of hydrogen-bond acceptors (Lipinski definition) is 9. The van der Waals surface area contributed by atoms with E-state index in [0.29, 0.717) is 22.5 Å². The molecule has 2 saturated carbocycles. The van der Waals surface area contributed by atoms with Gasteiger partial charge >= 0.3 is 16.9 Å². The third kappa shape index (κ3) is 2.79. The molecular weight excluding hydrogens is 400 g/mol. The first kappa shape index (κ1) is 18.4. The molecule has 0 radical (unpaired) electrons. The second kappa shape index (κ2) is 6.43. The number of aliphatic hydroxyl groups is 1. The molecule has 152 valence electrons. The molecule has 9 heteroatoms. The van der Waals surface area contributed by atoms with E-state index in [1.165, 1.54) is 6.07 Å². The van der Waals surface area contributed by atoms with E-state index in [-0.39, 0.29) is 17.4 Å². The summed E-state index contributed by atoms with van der Waals surface area (Å²) >= 11 is 0.976. The molecule has 2 heterocycles. The zero-order chi connectivity index (χ0) is 20.4. The van der Waals surface area contributed by atoms with Gasteiger partial charge < -0.3 is 23.7 Å². The van der Waals surface area contributed by atoms with Crippen molar-refractivity contribution in [1.29, 1.82) is 0 Å². The van der Waals surface area contributed by atoms with Crippen molar-refractivity contribution >= 4 is 33.6 Å². The Balaban J connectivity index is 1.40. The van der Waals surface area contributed by atoms with Crippen molar-refractivity contribution < 1.29 is 33.3 Å². The highest BCUT2D eigenvalue weighted by atomic mass is 32.1. The van der Waals surface area contributed by atoms with Crippen molar-refractivity contribution in [2.75, 3.05) is 0 Å². The standard InChI is InChI=1S/C20H18O8S/c1-7(2)17(21)27-15-9-6-10-14(19(23)28-16(10)15)13(9)18(22)25-8-3-4-12-11(5-8)26-20(24)29-12/h3-5,9-10,13-16,18,22H,1,6H2,2H3. The quantitative estimate of drug-likeness (QED) is 0.445. The van der Waals surface area contributed by atoms with Crippen molar-refractivity contribution in [3.63, 3.8) is 0 Å². The summed E-state index contributed by atoms with van der Waals surface area (Å²) in [6.07, 6.45) is -1.82. The molecule has 29 heavy (non-hydrogen) atoms. The van der Waals surface area contributed by atoms with Crippen LogP contribution in [0.1, 0.15) is 13.3 Å². The van der Waals surface area contributed by atoms with Crippen LogP contribution in [-0.2, 0) is 19.1 Å². The van der Waals surface area contributed by atoms with Crippen LogP contribution < -0.4 is 9.68 Å². The summed E-state index contributed by atoms with van der Waals surface area (Å²) in [5.74, 6) is -2.08. The smallest absolute Gasteiger partial charge is 0.396 e. The lowest BCUT2D eigenvalue weighted by atomic mass is 9.78. The topological polar surface area (TPSA) is 112 Å². The Labute approximate surface area is 168 Å². The molecule has 7 unspecified atom stereocenters. The molecule has 0 amide bonds. The Bertz CT molecular complexity index is 1080. The van der Waals surface area contributed by atoms with Crippen molar-refractivity contribution in [3.8, 4) is 5.75 Å². The Kier molecular flexibility index (Phi) is 4.08. The fraction of sp³-hybridized carbons (Fsp3) is 0.450. The number of hydrogen-bond donors (Lipinski definition) is 1. The maximum absolute atomic E-state index is 12.4. The van der Waals surface area contributed by atoms with E-state index in [4.69, 9.17) is 18.6 Å². The van der Waals surface area contributed by atoms with Gasteiger partial charge in [-0.25, -0.2) is 9.59 Å². The molecule has 2 aliphatic carbocycles. The van der Waals surface area contributed by atoms with Crippen molar-refractivity contribution in [3.05, 3.63) is 40.1 Å². The minimum atomic E-state index is -1.31. The number of carbonyl (C=O) groups is 2. The average molecular weight is 418 g/mol. The van der Waals surface area contributed by atoms with Gasteiger partial charge in [0.1, 0.15) is 18.0 Å². The van der Waals surface area contributed by atoms with E-state index >= 15 is 0 Å². The fourth-order valence-electron chi connectivity index (χ4n) is 4.96. The first-order chi connectivity index (χ1) is 13.8. The third-order valence-electron chi connectivity index (χ3n) is 6.09. The lowest BCUT2D eigenvalue weighted by Gasteiger charge is -2.33. The van der Waals surface area contributed by atoms with Crippen LogP contribution in [0.4, 0.5) is 0 Å². The highest BCUT2D eigenvalue weighted by Crippen LogP contribution is 2.59. The minimum absolute atomic E-state index is 0.115. The normalized spacial score (nSPS) is 33.0. The zero-order valence-corrected chi connectivity index (χ0v) is 16.2. The van der Waals surface area contributed by atoms with E-state index in [0.717, 1.165) is 11.3 Å². The molecule has 1 N–H and O–H groups in total. The predicted molar refractivity (Wildman–Crippen MR) is 100 cm³/mol. The monoisotopic (exact) mass is 418 g/mol. The van der Waals surface area contributed by atoms with E-state index < -0.39 is 47.2 Å². The lowest BCUT2D eigenvalue weighted by molar-refractivity contribution is -0.161. The maximum Gasteiger partial charge on any atom is 0.396 e. The van der Waals surface area contributed by atoms with Crippen molar-refractivity contribution in [2.45, 2.75) is 31.8 Å². The SMILES string of the molecule is C=C(C)C(=O)OC1C2CC3C1OC(=O)C3C2C(O)Oc1ccc2sc(=O)oc2c1. The Morgan fingerprint density at radius 1 is 1.34 bits per heavy atom. The number of carbonyl (C=O) groups excluding carboxylic acids is 2. The van der Waals surface area contributed by atoms with Crippen molar-refractivity contribution in [1.82, 2.24) is 0 Å². The summed E-state index contributed by atoms with van der Waals surface area (Å²) in [7, 11) is 0. The van der Waals surface area contributed by atoms with Gasteiger partial charge in [0.15, 0.2) is 5.58 Å². The van der Waals surface area contributed by atoms with E-state index in [2.05, 4.69) is 6.58 Å². The average Bonchev–Trinajstić information content (AvgIpc) is 3.36. The Hall–Kier alpha value is -2.65. The summed E-state index contributed by atoms with van der Waals surface area (Å²) in [6, 6.07) is 4.82. The molecule has 3 aliphatic rings. The first-order valence-electron chi connectivity index (χ1n) is 9.29. The number of benzene rings is 1. The molecule has 1 aliphatic heterocycles. The van der Waals surface area contributed by atoms with Crippen LogP contribution in [0.5, 0.6) is 5.75 Å². The molecule has 2 aromatic rings. The zero-order valence-electron chi connectivity index (χ0n) is 15.4. The molecule has 2 bridgehead atoms. The van der Waals surface area contributed by atoms with Gasteiger partial charge in [-0.2, -0.15) is 0 Å². The highest BCUT2D eigenvalue weighted by molar-refractivity contribution is 7.16. The van der Waals surface area contributed by atoms with Crippen LogP contribution in [-0.4, -0.2) is 35.5 Å². The largest absolute Gasteiger partial charge is 0.465 e. The number of fused-ring (bicyclic) bond motifs is 2. The molecule has 8 nitrogen and oxygen atoms in total. The Morgan fingerprint density at radius 2 is 2.14 bits per heavy atom. The molecular formula is C20H18O8S. The van der Waals surface area contributed by atoms with Gasteiger partial charge in [-0.1, -0.05) is 17.9 Å². The van der Waals surface area contributed by atoms with Crippen LogP contribution >= 0.6 is 11.3 Å². The van der Waals surface area contributed by atoms with Gasteiger partial charge in [-0.3, -0.25) is 4.79 Å². The fourth-order valence-corrected chi connectivity index (χ4v) is 5.61. The van der Waals surface area contributed by atoms with Gasteiger partial charge in [-0.05, 0) is 25.5 Å². The van der Waals surface area contributed by atoms with Crippen LogP contribution in [0.3, 0.4) is 0 Å². The van der Waals surface area contributed by atoms with Gasteiger partial charge in [0, 0.05) is 29.4 Å². The summed E-state index contributed by atoms with van der Waals surface area (Å²) < 4.78 is 22.5. The minimum Gasteiger partial charge on any atom is -0.465 e. The summed E-state index contributed by atoms with van der Waals surface area (Å²) in [5.41, 5.74) is 0.624. The second-order valence-corrected chi connectivity index (χ2v) is 8.77. The molecule has 7 atom stereocenters. The second-order valence-electron chi connectivity index (χ2n) is 7.79. The number of rotatable bonds is 5. The number of aliphatic hydroxyl groups excluding tert-OH is 1. The summed E-state index contributed by atoms with van der Waals surface area (Å²) in [4.78, 5) is 35.4. The number of esters is 2. The first-order valence-corrected chi connectivity index (χ1v) is 10.1. The van der Waals surface area contributed by atoms with Crippen LogP contribution in [0.15, 0.2) is 39.6 Å². The number of ether oxygens (including phenoxy) is 3. The molecule has 5 rings (SSSR count). The van der Waals surface area contributed by atoms with Gasteiger partial charge in [-0.15, -0.1) is 0 Å². The van der Waals surface area contributed by atoms with E-state index in [1.54, 1.807) is 19.1 Å². The third-order valence-corrected chi connectivity index (χ3v) is 6.89.